The maximum Gasteiger partial charge on any atom is 0.228 e. The largest absolute Gasteiger partial charge is 0.341 e. The van der Waals surface area contributed by atoms with Crippen molar-refractivity contribution in [3.8, 4) is 0 Å². The maximum absolute atomic E-state index is 4.28. The van der Waals surface area contributed by atoms with Crippen LogP contribution in [0, 0.1) is 0 Å². The predicted molar refractivity (Wildman–Crippen MR) is 80.3 cm³/mol. The molecule has 0 unspecified atom stereocenters. The molecular weight excluding hydrogens is 236 g/mol. The predicted octanol–water partition coefficient (Wildman–Crippen LogP) is 3.84. The molecule has 0 amide bonds. The van der Waals surface area contributed by atoms with Crippen LogP contribution in [-0.2, 0) is 0 Å². The van der Waals surface area contributed by atoms with Crippen molar-refractivity contribution in [2.24, 2.45) is 0 Å². The van der Waals surface area contributed by atoms with Crippen LogP contribution in [0.3, 0.4) is 0 Å². The van der Waals surface area contributed by atoms with Gasteiger partial charge >= 0.3 is 0 Å². The van der Waals surface area contributed by atoms with Crippen LogP contribution in [0.25, 0.3) is 0 Å². The van der Waals surface area contributed by atoms with E-state index >= 15 is 0 Å². The summed E-state index contributed by atoms with van der Waals surface area (Å²) >= 11 is 0. The first kappa shape index (κ1) is 15.9. The Kier molecular flexibility index (Phi) is 8.94. The van der Waals surface area contributed by atoms with E-state index in [1.165, 1.54) is 51.4 Å². The fourth-order valence-corrected chi connectivity index (χ4v) is 2.17. The van der Waals surface area contributed by atoms with Gasteiger partial charge in [-0.05, 0) is 12.8 Å². The van der Waals surface area contributed by atoms with E-state index in [0.29, 0.717) is 0 Å². The Labute approximate surface area is 117 Å². The van der Waals surface area contributed by atoms with Crippen molar-refractivity contribution in [3.05, 3.63) is 12.7 Å². The minimum Gasteiger partial charge on any atom is -0.341 e. The lowest BCUT2D eigenvalue weighted by Crippen LogP contribution is -2.27. The van der Waals surface area contributed by atoms with Gasteiger partial charge in [-0.3, -0.25) is 0 Å². The molecule has 0 aliphatic rings. The quantitative estimate of drug-likeness (QED) is 0.569. The van der Waals surface area contributed by atoms with Crippen molar-refractivity contribution in [1.29, 1.82) is 0 Å². The second-order valence-corrected chi connectivity index (χ2v) is 5.05. The molecule has 4 nitrogen and oxygen atoms in total. The Morgan fingerprint density at radius 1 is 0.789 bits per heavy atom. The average Bonchev–Trinajstić information content (AvgIpc) is 2.46. The van der Waals surface area contributed by atoms with E-state index in [9.17, 15) is 0 Å². The van der Waals surface area contributed by atoms with Gasteiger partial charge in [0.05, 0.1) is 0 Å². The van der Waals surface area contributed by atoms with E-state index in [1.807, 2.05) is 0 Å². The van der Waals surface area contributed by atoms with Crippen molar-refractivity contribution >= 4 is 5.95 Å². The number of hydrogen-bond acceptors (Lipinski definition) is 4. The average molecular weight is 264 g/mol. The lowest BCUT2D eigenvalue weighted by Gasteiger charge is -2.22. The highest BCUT2D eigenvalue weighted by molar-refractivity contribution is 5.26. The van der Waals surface area contributed by atoms with E-state index in [2.05, 4.69) is 33.7 Å². The Balaban J connectivity index is 2.39. The summed E-state index contributed by atoms with van der Waals surface area (Å²) in [6.07, 6.45) is 13.4. The summed E-state index contributed by atoms with van der Waals surface area (Å²) in [5.41, 5.74) is 0. The van der Waals surface area contributed by atoms with Gasteiger partial charge in [-0.1, -0.05) is 52.4 Å². The van der Waals surface area contributed by atoms with Crippen molar-refractivity contribution in [3.63, 3.8) is 0 Å². The first-order valence-electron chi connectivity index (χ1n) is 7.75. The van der Waals surface area contributed by atoms with E-state index in [4.69, 9.17) is 0 Å². The molecule has 1 heterocycles. The third kappa shape index (κ3) is 7.09. The summed E-state index contributed by atoms with van der Waals surface area (Å²) in [6, 6.07) is 0. The molecule has 0 saturated carbocycles. The topological polar surface area (TPSA) is 41.9 Å². The number of hydrogen-bond donors (Lipinski definition) is 0. The van der Waals surface area contributed by atoms with E-state index in [1.54, 1.807) is 12.7 Å². The van der Waals surface area contributed by atoms with Crippen LogP contribution in [-0.4, -0.2) is 28.0 Å². The minimum absolute atomic E-state index is 0.836. The van der Waals surface area contributed by atoms with E-state index in [0.717, 1.165) is 19.0 Å². The van der Waals surface area contributed by atoms with Gasteiger partial charge in [0.15, 0.2) is 0 Å². The summed E-state index contributed by atoms with van der Waals surface area (Å²) in [5.74, 6) is 0.836. The molecule has 1 aromatic heterocycles. The number of rotatable bonds is 11. The Bertz CT molecular complexity index is 290. The van der Waals surface area contributed by atoms with Gasteiger partial charge in [0.1, 0.15) is 12.7 Å². The van der Waals surface area contributed by atoms with Crippen molar-refractivity contribution in [1.82, 2.24) is 15.0 Å². The van der Waals surface area contributed by atoms with E-state index in [-0.39, 0.29) is 0 Å². The smallest absolute Gasteiger partial charge is 0.228 e. The van der Waals surface area contributed by atoms with Gasteiger partial charge in [-0.25, -0.2) is 15.0 Å². The number of anilines is 1. The molecule has 0 aliphatic carbocycles. The first-order chi connectivity index (χ1) is 9.38. The van der Waals surface area contributed by atoms with Crippen LogP contribution < -0.4 is 4.90 Å². The SMILES string of the molecule is CCCCCCN(CCCCCC)c1ncncn1. The normalized spacial score (nSPS) is 10.6. The molecule has 0 N–H and O–H groups in total. The molecule has 19 heavy (non-hydrogen) atoms. The summed E-state index contributed by atoms with van der Waals surface area (Å²) in [7, 11) is 0. The zero-order valence-corrected chi connectivity index (χ0v) is 12.5. The van der Waals surface area contributed by atoms with Crippen LogP contribution in [0.5, 0.6) is 0 Å². The Morgan fingerprint density at radius 2 is 1.32 bits per heavy atom. The van der Waals surface area contributed by atoms with Crippen LogP contribution in [0.15, 0.2) is 12.7 Å². The van der Waals surface area contributed by atoms with Crippen molar-refractivity contribution in [2.45, 2.75) is 65.2 Å². The van der Waals surface area contributed by atoms with Gasteiger partial charge in [0.2, 0.25) is 5.95 Å². The molecule has 0 saturated heterocycles. The first-order valence-corrected chi connectivity index (χ1v) is 7.75. The summed E-state index contributed by atoms with van der Waals surface area (Å²) in [5, 5.41) is 0. The highest BCUT2D eigenvalue weighted by atomic mass is 15.3. The minimum atomic E-state index is 0.836. The second kappa shape index (κ2) is 10.7. The lowest BCUT2D eigenvalue weighted by molar-refractivity contribution is 0.600. The Hall–Kier alpha value is -1.19. The van der Waals surface area contributed by atoms with Gasteiger partial charge in [0, 0.05) is 13.1 Å². The number of nitrogens with zero attached hydrogens (tertiary/aromatic N) is 4. The third-order valence-electron chi connectivity index (χ3n) is 3.33. The fourth-order valence-electron chi connectivity index (χ4n) is 2.17. The maximum atomic E-state index is 4.28. The molecule has 1 aromatic rings. The zero-order chi connectivity index (χ0) is 13.8. The molecule has 0 atom stereocenters. The molecule has 0 spiro atoms. The molecule has 0 aliphatic heterocycles. The molecule has 0 radical (unpaired) electrons. The monoisotopic (exact) mass is 264 g/mol. The molecule has 0 fully saturated rings. The lowest BCUT2D eigenvalue weighted by atomic mass is 10.2. The summed E-state index contributed by atoms with van der Waals surface area (Å²) < 4.78 is 0. The highest BCUT2D eigenvalue weighted by Crippen LogP contribution is 2.10. The fraction of sp³-hybridized carbons (Fsp3) is 0.800. The van der Waals surface area contributed by atoms with Gasteiger partial charge in [-0.15, -0.1) is 0 Å². The molecular formula is C15H28N4. The number of aromatic nitrogens is 3. The highest BCUT2D eigenvalue weighted by Gasteiger charge is 2.08. The van der Waals surface area contributed by atoms with Crippen LogP contribution in [0.2, 0.25) is 0 Å². The van der Waals surface area contributed by atoms with Crippen molar-refractivity contribution < 1.29 is 0 Å². The van der Waals surface area contributed by atoms with E-state index < -0.39 is 0 Å². The molecule has 108 valence electrons. The summed E-state index contributed by atoms with van der Waals surface area (Å²) in [4.78, 5) is 14.8. The molecule has 0 bridgehead atoms. The third-order valence-corrected chi connectivity index (χ3v) is 3.33. The molecule has 4 heteroatoms. The van der Waals surface area contributed by atoms with Crippen molar-refractivity contribution in [2.75, 3.05) is 18.0 Å². The van der Waals surface area contributed by atoms with Gasteiger partial charge < -0.3 is 4.90 Å². The standard InChI is InChI=1S/C15H28N4/c1-3-5-7-9-11-19(12-10-8-6-4-2)15-17-13-16-14-18-15/h13-14H,3-12H2,1-2H3. The summed E-state index contributed by atoms with van der Waals surface area (Å²) in [6.45, 7) is 6.62. The molecule has 0 aromatic carbocycles. The van der Waals surface area contributed by atoms with Gasteiger partial charge in [-0.2, -0.15) is 0 Å². The number of unbranched alkanes of at least 4 members (excludes halogenated alkanes) is 6. The second-order valence-electron chi connectivity index (χ2n) is 5.05. The molecule has 1 rings (SSSR count). The Morgan fingerprint density at radius 3 is 1.79 bits per heavy atom. The van der Waals surface area contributed by atoms with Crippen LogP contribution >= 0.6 is 0 Å². The van der Waals surface area contributed by atoms with Crippen LogP contribution in [0.1, 0.15) is 65.2 Å². The zero-order valence-electron chi connectivity index (χ0n) is 12.5. The van der Waals surface area contributed by atoms with Crippen LogP contribution in [0.4, 0.5) is 5.95 Å². The van der Waals surface area contributed by atoms with Gasteiger partial charge in [0.25, 0.3) is 0 Å².